The third kappa shape index (κ3) is 1.48. The molecule has 0 amide bonds. The molecule has 14 heavy (non-hydrogen) atoms. The van der Waals surface area contributed by atoms with Crippen LogP contribution in [0.15, 0.2) is 0 Å². The van der Waals surface area contributed by atoms with Gasteiger partial charge in [-0.2, -0.15) is 0 Å². The van der Waals surface area contributed by atoms with Crippen molar-refractivity contribution in [1.29, 1.82) is 0 Å². The van der Waals surface area contributed by atoms with Gasteiger partial charge >= 0.3 is 5.97 Å². The maximum atomic E-state index is 11.4. The largest absolute Gasteiger partial charge is 0.469 e. The number of hydrogen-bond donors (Lipinski definition) is 1. The van der Waals surface area contributed by atoms with Gasteiger partial charge in [0, 0.05) is 4.88 Å². The van der Waals surface area contributed by atoms with Crippen molar-refractivity contribution in [3.05, 3.63) is 10.6 Å². The molecule has 1 aromatic rings. The molecule has 1 unspecified atom stereocenters. The van der Waals surface area contributed by atoms with Gasteiger partial charge in [-0.1, -0.05) is 0 Å². The Balaban J connectivity index is 2.34. The summed E-state index contributed by atoms with van der Waals surface area (Å²) in [5, 5.41) is 0.547. The number of nitrogens with zero attached hydrogens (tertiary/aromatic N) is 1. The van der Waals surface area contributed by atoms with Crippen molar-refractivity contribution in [2.75, 3.05) is 12.8 Å². The van der Waals surface area contributed by atoms with Crippen molar-refractivity contribution in [2.24, 2.45) is 0 Å². The van der Waals surface area contributed by atoms with E-state index in [0.717, 1.165) is 29.8 Å². The quantitative estimate of drug-likeness (QED) is 0.713. The van der Waals surface area contributed by atoms with Crippen LogP contribution in [-0.4, -0.2) is 18.1 Å². The first kappa shape index (κ1) is 9.45. The smallest absolute Gasteiger partial charge is 0.314 e. The lowest BCUT2D eigenvalue weighted by Gasteiger charge is -2.18. The zero-order valence-electron chi connectivity index (χ0n) is 7.95. The fourth-order valence-electron chi connectivity index (χ4n) is 1.81. The van der Waals surface area contributed by atoms with E-state index in [9.17, 15) is 4.79 Å². The second kappa shape index (κ2) is 3.57. The first-order valence-corrected chi connectivity index (χ1v) is 5.37. The van der Waals surface area contributed by atoms with Crippen LogP contribution in [-0.2, 0) is 16.0 Å². The van der Waals surface area contributed by atoms with Gasteiger partial charge in [0.25, 0.3) is 0 Å². The molecular formula is C9H12N2O2S. The van der Waals surface area contributed by atoms with E-state index in [0.29, 0.717) is 5.13 Å². The van der Waals surface area contributed by atoms with Crippen LogP contribution >= 0.6 is 11.3 Å². The number of methoxy groups -OCH3 is 1. The first-order chi connectivity index (χ1) is 6.72. The van der Waals surface area contributed by atoms with Crippen LogP contribution in [0.5, 0.6) is 0 Å². The van der Waals surface area contributed by atoms with Crippen LogP contribution in [0.2, 0.25) is 0 Å². The monoisotopic (exact) mass is 212 g/mol. The second-order valence-electron chi connectivity index (χ2n) is 3.33. The molecule has 0 fully saturated rings. The summed E-state index contributed by atoms with van der Waals surface area (Å²) in [5.74, 6) is -0.395. The summed E-state index contributed by atoms with van der Waals surface area (Å²) in [6.07, 6.45) is 2.81. The maximum absolute atomic E-state index is 11.4. The molecule has 2 N–H and O–H groups in total. The Morgan fingerprint density at radius 2 is 2.50 bits per heavy atom. The van der Waals surface area contributed by atoms with Gasteiger partial charge in [-0.25, -0.2) is 4.98 Å². The van der Waals surface area contributed by atoms with E-state index in [1.807, 2.05) is 0 Å². The second-order valence-corrected chi connectivity index (χ2v) is 4.44. The molecule has 5 heteroatoms. The van der Waals surface area contributed by atoms with Gasteiger partial charge < -0.3 is 10.5 Å². The van der Waals surface area contributed by atoms with Gasteiger partial charge in [0.1, 0.15) is 5.92 Å². The molecule has 0 spiro atoms. The molecule has 1 aromatic heterocycles. The van der Waals surface area contributed by atoms with E-state index in [-0.39, 0.29) is 11.9 Å². The number of thiazole rings is 1. The Morgan fingerprint density at radius 1 is 1.71 bits per heavy atom. The standard InChI is InChI=1S/C9H12N2O2S/c1-13-8(12)5-3-2-4-6-7(5)11-9(10)14-6/h5H,2-4H2,1H3,(H2,10,11). The highest BCUT2D eigenvalue weighted by atomic mass is 32.1. The number of fused-ring (bicyclic) bond motifs is 1. The number of ether oxygens (including phenoxy) is 1. The summed E-state index contributed by atoms with van der Waals surface area (Å²) in [7, 11) is 1.41. The number of esters is 1. The van der Waals surface area contributed by atoms with Crippen LogP contribution in [0.3, 0.4) is 0 Å². The number of nitrogen functional groups attached to an aromatic ring is 1. The molecule has 0 radical (unpaired) electrons. The van der Waals surface area contributed by atoms with Crippen LogP contribution < -0.4 is 5.73 Å². The van der Waals surface area contributed by atoms with Crippen LogP contribution in [0.4, 0.5) is 5.13 Å². The highest BCUT2D eigenvalue weighted by Crippen LogP contribution is 2.36. The number of carbonyl (C=O) groups excluding carboxylic acids is 1. The SMILES string of the molecule is COC(=O)C1CCCc2sc(N)nc21. The lowest BCUT2D eigenvalue weighted by Crippen LogP contribution is -2.19. The van der Waals surface area contributed by atoms with Gasteiger partial charge in [0.05, 0.1) is 12.8 Å². The van der Waals surface area contributed by atoms with Crippen LogP contribution in [0, 0.1) is 0 Å². The van der Waals surface area contributed by atoms with Crippen molar-refractivity contribution in [3.8, 4) is 0 Å². The molecule has 4 nitrogen and oxygen atoms in total. The number of hydrogen-bond acceptors (Lipinski definition) is 5. The number of aryl methyl sites for hydroxylation is 1. The fourth-order valence-corrected chi connectivity index (χ4v) is 2.74. The number of anilines is 1. The van der Waals surface area contributed by atoms with E-state index in [1.54, 1.807) is 0 Å². The molecule has 2 rings (SSSR count). The van der Waals surface area contributed by atoms with E-state index in [4.69, 9.17) is 10.5 Å². The number of carbonyl (C=O) groups is 1. The topological polar surface area (TPSA) is 65.2 Å². The molecular weight excluding hydrogens is 200 g/mol. The summed E-state index contributed by atoms with van der Waals surface area (Å²) in [4.78, 5) is 16.8. The minimum absolute atomic E-state index is 0.197. The highest BCUT2D eigenvalue weighted by molar-refractivity contribution is 7.15. The number of nitrogens with two attached hydrogens (primary N) is 1. The van der Waals surface area contributed by atoms with Gasteiger partial charge in [0.15, 0.2) is 5.13 Å². The maximum Gasteiger partial charge on any atom is 0.314 e. The van der Waals surface area contributed by atoms with Crippen molar-refractivity contribution in [2.45, 2.75) is 25.2 Å². The fraction of sp³-hybridized carbons (Fsp3) is 0.556. The minimum Gasteiger partial charge on any atom is -0.469 e. The Kier molecular flexibility index (Phi) is 2.41. The summed E-state index contributed by atoms with van der Waals surface area (Å²) >= 11 is 1.48. The predicted octanol–water partition coefficient (Wildman–Crippen LogP) is 1.32. The van der Waals surface area contributed by atoms with Gasteiger partial charge in [-0.15, -0.1) is 11.3 Å². The Hall–Kier alpha value is -1.10. The third-order valence-electron chi connectivity index (χ3n) is 2.46. The molecule has 0 saturated carbocycles. The predicted molar refractivity (Wildman–Crippen MR) is 54.2 cm³/mol. The van der Waals surface area contributed by atoms with Crippen molar-refractivity contribution in [3.63, 3.8) is 0 Å². The zero-order chi connectivity index (χ0) is 10.1. The number of aromatic nitrogens is 1. The lowest BCUT2D eigenvalue weighted by atomic mass is 9.91. The molecule has 0 bridgehead atoms. The molecule has 1 aliphatic rings. The van der Waals surface area contributed by atoms with Gasteiger partial charge in [0.2, 0.25) is 0 Å². The Bertz CT molecular complexity index is 362. The van der Waals surface area contributed by atoms with E-state index in [1.165, 1.54) is 18.4 Å². The van der Waals surface area contributed by atoms with Crippen molar-refractivity contribution >= 4 is 22.4 Å². The molecule has 0 aliphatic heterocycles. The van der Waals surface area contributed by atoms with Crippen molar-refractivity contribution < 1.29 is 9.53 Å². The lowest BCUT2D eigenvalue weighted by molar-refractivity contribution is -0.142. The van der Waals surface area contributed by atoms with Gasteiger partial charge in [-0.05, 0) is 19.3 Å². The third-order valence-corrected chi connectivity index (χ3v) is 3.42. The average molecular weight is 212 g/mol. The number of rotatable bonds is 1. The molecule has 0 saturated heterocycles. The highest BCUT2D eigenvalue weighted by Gasteiger charge is 2.30. The van der Waals surface area contributed by atoms with E-state index >= 15 is 0 Å². The summed E-state index contributed by atoms with van der Waals surface area (Å²) < 4.78 is 4.74. The zero-order valence-corrected chi connectivity index (χ0v) is 8.76. The average Bonchev–Trinajstić information content (AvgIpc) is 2.56. The van der Waals surface area contributed by atoms with Crippen LogP contribution in [0.1, 0.15) is 29.3 Å². The summed E-state index contributed by atoms with van der Waals surface area (Å²) in [5.41, 5.74) is 6.46. The molecule has 1 aliphatic carbocycles. The normalized spacial score (nSPS) is 20.2. The summed E-state index contributed by atoms with van der Waals surface area (Å²) in [6, 6.07) is 0. The molecule has 0 aromatic carbocycles. The van der Waals surface area contributed by atoms with Crippen LogP contribution in [0.25, 0.3) is 0 Å². The van der Waals surface area contributed by atoms with Gasteiger partial charge in [-0.3, -0.25) is 4.79 Å². The molecule has 1 heterocycles. The van der Waals surface area contributed by atoms with E-state index < -0.39 is 0 Å². The Morgan fingerprint density at radius 3 is 3.21 bits per heavy atom. The van der Waals surface area contributed by atoms with E-state index in [2.05, 4.69) is 4.98 Å². The van der Waals surface area contributed by atoms with Crippen molar-refractivity contribution in [1.82, 2.24) is 4.98 Å². The summed E-state index contributed by atoms with van der Waals surface area (Å²) in [6.45, 7) is 0. The molecule has 1 atom stereocenters. The molecule has 76 valence electrons. The Labute approximate surface area is 86.1 Å². The minimum atomic E-state index is -0.198. The first-order valence-electron chi connectivity index (χ1n) is 4.55.